The molecular weight excluding hydrogens is 276 g/mol. The smallest absolute Gasteiger partial charge is 0.253 e. The van der Waals surface area contributed by atoms with Crippen LogP contribution in [0.25, 0.3) is 0 Å². The number of nitrogens with two attached hydrogens (primary N) is 1. The molecular formula is C14H20N2O3S. The highest BCUT2D eigenvalue weighted by atomic mass is 32.2. The van der Waals surface area contributed by atoms with Crippen LogP contribution in [0.15, 0.2) is 23.1 Å². The summed E-state index contributed by atoms with van der Waals surface area (Å²) in [5.41, 5.74) is 0.927. The van der Waals surface area contributed by atoms with Crippen molar-refractivity contribution in [2.24, 2.45) is 11.1 Å². The molecule has 2 rings (SSSR count). The molecule has 0 radical (unpaired) electrons. The summed E-state index contributed by atoms with van der Waals surface area (Å²) in [4.78, 5) is 14.2. The van der Waals surface area contributed by atoms with Gasteiger partial charge in [0, 0.05) is 18.7 Å². The van der Waals surface area contributed by atoms with E-state index in [1.54, 1.807) is 24.0 Å². The van der Waals surface area contributed by atoms with Crippen LogP contribution in [0.3, 0.4) is 0 Å². The van der Waals surface area contributed by atoms with Gasteiger partial charge in [0.15, 0.2) is 0 Å². The molecule has 0 bridgehead atoms. The second-order valence-corrected chi connectivity index (χ2v) is 6.84. The minimum Gasteiger partial charge on any atom is -0.339 e. The van der Waals surface area contributed by atoms with Crippen molar-refractivity contribution in [1.29, 1.82) is 0 Å². The monoisotopic (exact) mass is 296 g/mol. The molecule has 5 nitrogen and oxygen atoms in total. The number of nitrogens with zero attached hydrogens (tertiary/aromatic N) is 1. The average Bonchev–Trinajstić information content (AvgIpc) is 3.18. The maximum atomic E-state index is 12.4. The maximum Gasteiger partial charge on any atom is 0.253 e. The summed E-state index contributed by atoms with van der Waals surface area (Å²) in [7, 11) is -3.80. The van der Waals surface area contributed by atoms with E-state index in [1.807, 2.05) is 6.92 Å². The number of carbonyl (C=O) groups excluding carboxylic acids is 1. The first kappa shape index (κ1) is 15.0. The number of aryl methyl sites for hydroxylation is 1. The molecule has 2 N–H and O–H groups in total. The highest BCUT2D eigenvalue weighted by Crippen LogP contribution is 2.30. The van der Waals surface area contributed by atoms with Crippen LogP contribution in [0, 0.1) is 12.8 Å². The van der Waals surface area contributed by atoms with Crippen molar-refractivity contribution in [3.63, 3.8) is 0 Å². The molecule has 1 aromatic rings. The van der Waals surface area contributed by atoms with Gasteiger partial charge in [0.05, 0.1) is 4.90 Å². The van der Waals surface area contributed by atoms with Crippen molar-refractivity contribution in [2.75, 3.05) is 13.1 Å². The number of rotatable bonds is 5. The van der Waals surface area contributed by atoms with Gasteiger partial charge >= 0.3 is 0 Å². The summed E-state index contributed by atoms with van der Waals surface area (Å²) in [6.07, 6.45) is 2.33. The van der Waals surface area contributed by atoms with Gasteiger partial charge in [0.1, 0.15) is 0 Å². The van der Waals surface area contributed by atoms with Gasteiger partial charge < -0.3 is 4.90 Å². The van der Waals surface area contributed by atoms with Gasteiger partial charge in [-0.2, -0.15) is 0 Å². The number of sulfonamides is 1. The van der Waals surface area contributed by atoms with Crippen molar-refractivity contribution in [3.05, 3.63) is 29.3 Å². The van der Waals surface area contributed by atoms with Crippen LogP contribution in [0.1, 0.15) is 35.7 Å². The predicted octanol–water partition coefficient (Wildman–Crippen LogP) is 1.51. The third kappa shape index (κ3) is 3.37. The lowest BCUT2D eigenvalue weighted by molar-refractivity contribution is 0.0756. The minimum absolute atomic E-state index is 0.0193. The van der Waals surface area contributed by atoms with Gasteiger partial charge in [-0.3, -0.25) is 4.79 Å². The summed E-state index contributed by atoms with van der Waals surface area (Å²) in [6, 6.07) is 4.66. The molecule has 0 aliphatic heterocycles. The molecule has 110 valence electrons. The maximum absolute atomic E-state index is 12.4. The molecule has 1 saturated carbocycles. The van der Waals surface area contributed by atoms with Gasteiger partial charge in [0.2, 0.25) is 10.0 Å². The Hall–Kier alpha value is -1.40. The molecule has 0 atom stereocenters. The van der Waals surface area contributed by atoms with Gasteiger partial charge in [-0.15, -0.1) is 0 Å². The summed E-state index contributed by atoms with van der Waals surface area (Å²) < 4.78 is 23.0. The lowest BCUT2D eigenvalue weighted by Crippen LogP contribution is -2.32. The van der Waals surface area contributed by atoms with E-state index in [0.29, 0.717) is 23.6 Å². The molecule has 0 spiro atoms. The molecule has 1 amide bonds. The van der Waals surface area contributed by atoms with Crippen LogP contribution in [0.4, 0.5) is 0 Å². The quantitative estimate of drug-likeness (QED) is 0.894. The summed E-state index contributed by atoms with van der Waals surface area (Å²) in [5, 5.41) is 5.17. The Labute approximate surface area is 119 Å². The van der Waals surface area contributed by atoms with Crippen LogP contribution in [-0.4, -0.2) is 32.3 Å². The fourth-order valence-corrected chi connectivity index (χ4v) is 3.00. The lowest BCUT2D eigenvalue weighted by Gasteiger charge is -2.21. The van der Waals surface area contributed by atoms with Crippen molar-refractivity contribution < 1.29 is 13.2 Å². The first-order valence-corrected chi connectivity index (χ1v) is 8.30. The highest BCUT2D eigenvalue weighted by molar-refractivity contribution is 7.89. The van der Waals surface area contributed by atoms with E-state index in [2.05, 4.69) is 0 Å². The standard InChI is InChI=1S/C14H20N2O3S/c1-3-16(9-11-5-6-11)14(17)12-7-4-10(2)13(8-12)20(15,18)19/h4,7-8,11H,3,5-6,9H2,1-2H3,(H2,15,18,19). The first-order chi connectivity index (χ1) is 9.32. The Morgan fingerprint density at radius 3 is 2.55 bits per heavy atom. The normalized spacial score (nSPS) is 15.2. The second-order valence-electron chi connectivity index (χ2n) is 5.31. The van der Waals surface area contributed by atoms with Crippen LogP contribution in [0.5, 0.6) is 0 Å². The largest absolute Gasteiger partial charge is 0.339 e. The zero-order chi connectivity index (χ0) is 14.9. The van der Waals surface area contributed by atoms with Crippen molar-refractivity contribution >= 4 is 15.9 Å². The zero-order valence-corrected chi connectivity index (χ0v) is 12.6. The summed E-state index contributed by atoms with van der Waals surface area (Å²) in [5.74, 6) is 0.464. The van der Waals surface area contributed by atoms with Gasteiger partial charge in [0.25, 0.3) is 5.91 Å². The van der Waals surface area contributed by atoms with Crippen LogP contribution in [-0.2, 0) is 10.0 Å². The molecule has 6 heteroatoms. The molecule has 20 heavy (non-hydrogen) atoms. The van der Waals surface area contributed by atoms with Crippen molar-refractivity contribution in [3.8, 4) is 0 Å². The van der Waals surface area contributed by atoms with E-state index in [1.165, 1.54) is 18.9 Å². The number of amides is 1. The fourth-order valence-electron chi connectivity index (χ4n) is 2.19. The number of benzene rings is 1. The molecule has 0 heterocycles. The van der Waals surface area contributed by atoms with E-state index in [-0.39, 0.29) is 10.8 Å². The van der Waals surface area contributed by atoms with E-state index in [0.717, 1.165) is 6.54 Å². The van der Waals surface area contributed by atoms with Gasteiger partial charge in [-0.05, 0) is 50.3 Å². The Morgan fingerprint density at radius 1 is 1.40 bits per heavy atom. The Kier molecular flexibility index (Phi) is 4.15. The van der Waals surface area contributed by atoms with Crippen LogP contribution >= 0.6 is 0 Å². The average molecular weight is 296 g/mol. The lowest BCUT2D eigenvalue weighted by atomic mass is 10.1. The third-order valence-corrected chi connectivity index (χ3v) is 4.64. The van der Waals surface area contributed by atoms with Gasteiger partial charge in [-0.1, -0.05) is 6.07 Å². The Bertz CT molecular complexity index is 621. The Morgan fingerprint density at radius 2 is 2.05 bits per heavy atom. The second kappa shape index (κ2) is 5.54. The number of hydrogen-bond acceptors (Lipinski definition) is 3. The van der Waals surface area contributed by atoms with Gasteiger partial charge in [-0.25, -0.2) is 13.6 Å². The highest BCUT2D eigenvalue weighted by Gasteiger charge is 2.27. The number of carbonyl (C=O) groups is 1. The number of primary sulfonamides is 1. The van der Waals surface area contributed by atoms with E-state index < -0.39 is 10.0 Å². The zero-order valence-electron chi connectivity index (χ0n) is 11.8. The molecule has 0 unspecified atom stereocenters. The first-order valence-electron chi connectivity index (χ1n) is 6.75. The van der Waals surface area contributed by atoms with Crippen molar-refractivity contribution in [2.45, 2.75) is 31.6 Å². The fraction of sp³-hybridized carbons (Fsp3) is 0.500. The molecule has 1 aromatic carbocycles. The van der Waals surface area contributed by atoms with Crippen LogP contribution < -0.4 is 5.14 Å². The molecule has 0 aromatic heterocycles. The Balaban J connectivity index is 2.29. The predicted molar refractivity (Wildman–Crippen MR) is 76.9 cm³/mol. The van der Waals surface area contributed by atoms with E-state index in [9.17, 15) is 13.2 Å². The molecule has 1 aliphatic carbocycles. The molecule has 0 saturated heterocycles. The minimum atomic E-state index is -3.80. The third-order valence-electron chi connectivity index (χ3n) is 3.59. The van der Waals surface area contributed by atoms with E-state index in [4.69, 9.17) is 5.14 Å². The summed E-state index contributed by atoms with van der Waals surface area (Å²) >= 11 is 0. The van der Waals surface area contributed by atoms with E-state index >= 15 is 0 Å². The van der Waals surface area contributed by atoms with Crippen LogP contribution in [0.2, 0.25) is 0 Å². The summed E-state index contributed by atoms with van der Waals surface area (Å²) in [6.45, 7) is 4.95. The topological polar surface area (TPSA) is 80.5 Å². The molecule has 1 fully saturated rings. The van der Waals surface area contributed by atoms with Crippen molar-refractivity contribution in [1.82, 2.24) is 4.90 Å². The number of hydrogen-bond donors (Lipinski definition) is 1. The molecule has 1 aliphatic rings. The SMILES string of the molecule is CCN(CC1CC1)C(=O)c1ccc(C)c(S(N)(=O)=O)c1.